The predicted molar refractivity (Wildman–Crippen MR) is 75.1 cm³/mol. The number of rotatable bonds is 2. The molecule has 1 aromatic carbocycles. The van der Waals surface area contributed by atoms with Crippen molar-refractivity contribution in [2.45, 2.75) is 38.5 Å². The highest BCUT2D eigenvalue weighted by molar-refractivity contribution is 6.30. The maximum Gasteiger partial charge on any atom is 0.318 e. The van der Waals surface area contributed by atoms with Crippen molar-refractivity contribution in [1.82, 2.24) is 10.2 Å². The normalized spacial score (nSPS) is 21.5. The second-order valence-electron chi connectivity index (χ2n) is 5.39. The topological polar surface area (TPSA) is 52.6 Å². The summed E-state index contributed by atoms with van der Waals surface area (Å²) in [5, 5.41) is 13.4. The maximum absolute atomic E-state index is 12.1. The van der Waals surface area contributed by atoms with E-state index in [9.17, 15) is 9.90 Å². The summed E-state index contributed by atoms with van der Waals surface area (Å²) in [7, 11) is 0. The third-order valence-corrected chi connectivity index (χ3v) is 3.99. The van der Waals surface area contributed by atoms with Crippen LogP contribution in [0.2, 0.25) is 5.02 Å². The van der Waals surface area contributed by atoms with E-state index in [2.05, 4.69) is 5.32 Å². The van der Waals surface area contributed by atoms with Gasteiger partial charge in [-0.3, -0.25) is 0 Å². The van der Waals surface area contributed by atoms with E-state index in [-0.39, 0.29) is 6.03 Å². The third-order valence-electron chi connectivity index (χ3n) is 3.74. The summed E-state index contributed by atoms with van der Waals surface area (Å²) in [5.41, 5.74) is 0.486. The van der Waals surface area contributed by atoms with Crippen LogP contribution in [0, 0.1) is 0 Å². The van der Waals surface area contributed by atoms with E-state index in [0.717, 1.165) is 5.56 Å². The Bertz CT molecular complexity index is 459. The van der Waals surface area contributed by atoms with Gasteiger partial charge < -0.3 is 15.3 Å². The fourth-order valence-corrected chi connectivity index (χ4v) is 2.44. The lowest BCUT2D eigenvalue weighted by atomic mass is 9.99. The minimum atomic E-state index is -0.510. The molecule has 2 rings (SSSR count). The minimum absolute atomic E-state index is 0.142. The average molecular weight is 283 g/mol. The number of likely N-dealkylation sites (tertiary alicyclic amines) is 1. The van der Waals surface area contributed by atoms with Crippen LogP contribution in [0.5, 0.6) is 0 Å². The zero-order valence-electron chi connectivity index (χ0n) is 11.2. The molecule has 1 atom stereocenters. The Hall–Kier alpha value is -1.26. The first-order valence-corrected chi connectivity index (χ1v) is 6.77. The monoisotopic (exact) mass is 282 g/mol. The Morgan fingerprint density at radius 2 is 2.11 bits per heavy atom. The van der Waals surface area contributed by atoms with E-state index < -0.39 is 11.6 Å². The average Bonchev–Trinajstić information content (AvgIpc) is 2.63. The summed E-state index contributed by atoms with van der Waals surface area (Å²) in [4.78, 5) is 13.8. The summed E-state index contributed by atoms with van der Waals surface area (Å²) in [6.45, 7) is 4.80. The molecule has 1 fully saturated rings. The largest absolute Gasteiger partial charge is 0.391 e. The molecule has 1 aliphatic heterocycles. The Kier molecular flexibility index (Phi) is 4.02. The van der Waals surface area contributed by atoms with Crippen LogP contribution in [0.3, 0.4) is 0 Å². The number of amides is 2. The Labute approximate surface area is 118 Å². The molecule has 0 saturated carbocycles. The summed E-state index contributed by atoms with van der Waals surface area (Å²) in [5.74, 6) is 0. The second-order valence-corrected chi connectivity index (χ2v) is 5.83. The van der Waals surface area contributed by atoms with Crippen molar-refractivity contribution < 1.29 is 9.90 Å². The van der Waals surface area contributed by atoms with E-state index in [1.54, 1.807) is 17.0 Å². The molecule has 104 valence electrons. The first-order chi connectivity index (χ1) is 8.91. The van der Waals surface area contributed by atoms with E-state index in [1.165, 1.54) is 0 Å². The number of aliphatic hydroxyl groups is 1. The van der Waals surface area contributed by atoms with Gasteiger partial charge in [-0.15, -0.1) is 0 Å². The number of carbonyl (C=O) groups is 1. The highest BCUT2D eigenvalue weighted by Crippen LogP contribution is 2.28. The summed E-state index contributed by atoms with van der Waals surface area (Å²) in [6, 6.07) is 7.22. The molecule has 2 amide bonds. The zero-order valence-corrected chi connectivity index (χ0v) is 11.9. The number of urea groups is 1. The molecule has 5 heteroatoms. The summed E-state index contributed by atoms with van der Waals surface area (Å²) >= 11 is 5.81. The van der Waals surface area contributed by atoms with Crippen molar-refractivity contribution in [3.8, 4) is 0 Å². The first-order valence-electron chi connectivity index (χ1n) is 6.39. The Morgan fingerprint density at radius 3 is 2.63 bits per heavy atom. The second kappa shape index (κ2) is 5.39. The number of hydrogen-bond donors (Lipinski definition) is 2. The number of halogens is 1. The molecule has 4 nitrogen and oxygen atoms in total. The molecule has 1 heterocycles. The number of aliphatic hydroxyl groups excluding tert-OH is 1. The van der Waals surface area contributed by atoms with Gasteiger partial charge in [-0.2, -0.15) is 0 Å². The molecular weight excluding hydrogens is 264 g/mol. The first kappa shape index (κ1) is 14.2. The predicted octanol–water partition coefficient (Wildman–Crippen LogP) is 2.39. The van der Waals surface area contributed by atoms with Gasteiger partial charge in [0.05, 0.1) is 11.6 Å². The molecule has 0 aliphatic carbocycles. The van der Waals surface area contributed by atoms with E-state index in [4.69, 9.17) is 11.6 Å². The van der Waals surface area contributed by atoms with E-state index >= 15 is 0 Å². The summed E-state index contributed by atoms with van der Waals surface area (Å²) in [6.07, 6.45) is 0.162. The van der Waals surface area contributed by atoms with Crippen molar-refractivity contribution in [3.05, 3.63) is 34.9 Å². The van der Waals surface area contributed by atoms with E-state index in [0.29, 0.717) is 24.5 Å². The molecule has 1 saturated heterocycles. The van der Waals surface area contributed by atoms with Gasteiger partial charge in [0.25, 0.3) is 0 Å². The van der Waals surface area contributed by atoms with Crippen LogP contribution in [-0.4, -0.2) is 34.2 Å². The lowest BCUT2D eigenvalue weighted by Crippen LogP contribution is -2.51. The molecule has 0 aromatic heterocycles. The number of carbonyl (C=O) groups excluding carboxylic acids is 1. The standard InChI is InChI=1S/C14H19ClN2O2/c1-14(2)12(18)7-8-17(14)13(19)16-9-10-3-5-11(15)6-4-10/h3-6,12,18H,7-9H2,1-2H3,(H,16,19). The van der Waals surface area contributed by atoms with Gasteiger partial charge in [-0.25, -0.2) is 4.79 Å². The number of hydrogen-bond acceptors (Lipinski definition) is 2. The third kappa shape index (κ3) is 3.01. The van der Waals surface area contributed by atoms with Gasteiger partial charge in [0, 0.05) is 18.1 Å². The van der Waals surface area contributed by atoms with Crippen LogP contribution >= 0.6 is 11.6 Å². The van der Waals surface area contributed by atoms with Crippen molar-refractivity contribution in [3.63, 3.8) is 0 Å². The van der Waals surface area contributed by atoms with Crippen molar-refractivity contribution >= 4 is 17.6 Å². The smallest absolute Gasteiger partial charge is 0.318 e. The van der Waals surface area contributed by atoms with Gasteiger partial charge in [-0.05, 0) is 38.0 Å². The highest BCUT2D eigenvalue weighted by Gasteiger charge is 2.42. The van der Waals surface area contributed by atoms with Crippen LogP contribution in [-0.2, 0) is 6.54 Å². The van der Waals surface area contributed by atoms with E-state index in [1.807, 2.05) is 26.0 Å². The van der Waals surface area contributed by atoms with Crippen LogP contribution in [0.15, 0.2) is 24.3 Å². The molecule has 1 aliphatic rings. The van der Waals surface area contributed by atoms with Gasteiger partial charge >= 0.3 is 6.03 Å². The van der Waals surface area contributed by atoms with Crippen molar-refractivity contribution in [2.24, 2.45) is 0 Å². The number of nitrogens with one attached hydrogen (secondary N) is 1. The van der Waals surface area contributed by atoms with Crippen molar-refractivity contribution in [1.29, 1.82) is 0 Å². The van der Waals surface area contributed by atoms with Crippen LogP contribution in [0.25, 0.3) is 0 Å². The molecule has 0 radical (unpaired) electrons. The lowest BCUT2D eigenvalue weighted by Gasteiger charge is -2.33. The van der Waals surface area contributed by atoms with Gasteiger partial charge in [-0.1, -0.05) is 23.7 Å². The SMILES string of the molecule is CC1(C)C(O)CCN1C(=O)NCc1ccc(Cl)cc1. The minimum Gasteiger partial charge on any atom is -0.391 e. The quantitative estimate of drug-likeness (QED) is 0.875. The van der Waals surface area contributed by atoms with Gasteiger partial charge in [0.15, 0.2) is 0 Å². The fraction of sp³-hybridized carbons (Fsp3) is 0.500. The molecule has 0 spiro atoms. The van der Waals surface area contributed by atoms with Gasteiger partial charge in [0.2, 0.25) is 0 Å². The van der Waals surface area contributed by atoms with Crippen LogP contribution in [0.1, 0.15) is 25.8 Å². The molecule has 0 bridgehead atoms. The maximum atomic E-state index is 12.1. The molecular formula is C14H19ClN2O2. The summed E-state index contributed by atoms with van der Waals surface area (Å²) < 4.78 is 0. The van der Waals surface area contributed by atoms with Gasteiger partial charge in [0.1, 0.15) is 0 Å². The number of nitrogens with zero attached hydrogens (tertiary/aromatic N) is 1. The lowest BCUT2D eigenvalue weighted by molar-refractivity contribution is 0.0696. The highest BCUT2D eigenvalue weighted by atomic mass is 35.5. The van der Waals surface area contributed by atoms with Crippen LogP contribution < -0.4 is 5.32 Å². The molecule has 2 N–H and O–H groups in total. The molecule has 1 aromatic rings. The Morgan fingerprint density at radius 1 is 1.47 bits per heavy atom. The van der Waals surface area contributed by atoms with Crippen LogP contribution in [0.4, 0.5) is 4.79 Å². The fourth-order valence-electron chi connectivity index (χ4n) is 2.31. The Balaban J connectivity index is 1.93. The molecule has 1 unspecified atom stereocenters. The zero-order chi connectivity index (χ0) is 14.0. The molecule has 19 heavy (non-hydrogen) atoms. The number of benzene rings is 1. The van der Waals surface area contributed by atoms with Crippen molar-refractivity contribution in [2.75, 3.05) is 6.54 Å².